The predicted octanol–water partition coefficient (Wildman–Crippen LogP) is 3.22. The van der Waals surface area contributed by atoms with Crippen molar-refractivity contribution in [2.24, 2.45) is 0 Å². The lowest BCUT2D eigenvalue weighted by atomic mass is 10.1. The van der Waals surface area contributed by atoms with E-state index in [1.807, 2.05) is 29.1 Å². The fraction of sp³-hybridized carbons (Fsp3) is 0.227. The molecule has 0 aliphatic rings. The van der Waals surface area contributed by atoms with E-state index in [0.29, 0.717) is 24.4 Å². The first-order valence-electron chi connectivity index (χ1n) is 9.16. The van der Waals surface area contributed by atoms with E-state index in [0.717, 1.165) is 5.56 Å². The summed E-state index contributed by atoms with van der Waals surface area (Å²) >= 11 is 0. The highest BCUT2D eigenvalue weighted by Crippen LogP contribution is 2.12. The number of nitrogens with zero attached hydrogens (tertiary/aromatic N) is 2. The molecule has 28 heavy (non-hydrogen) atoms. The van der Waals surface area contributed by atoms with Crippen LogP contribution in [0.15, 0.2) is 67.0 Å². The van der Waals surface area contributed by atoms with Crippen LogP contribution in [0, 0.1) is 0 Å². The minimum atomic E-state index is -0.0869. The van der Waals surface area contributed by atoms with E-state index in [9.17, 15) is 9.59 Å². The molecular weight excluding hydrogens is 354 g/mol. The summed E-state index contributed by atoms with van der Waals surface area (Å²) in [4.78, 5) is 23.2. The van der Waals surface area contributed by atoms with E-state index in [1.54, 1.807) is 30.5 Å². The molecule has 3 aromatic rings. The summed E-state index contributed by atoms with van der Waals surface area (Å²) in [7, 11) is 0. The van der Waals surface area contributed by atoms with Gasteiger partial charge in [-0.3, -0.25) is 14.3 Å². The zero-order chi connectivity index (χ0) is 19.8. The molecule has 0 unspecified atom stereocenters. The normalized spacial score (nSPS) is 10.5. The van der Waals surface area contributed by atoms with Crippen molar-refractivity contribution < 1.29 is 14.3 Å². The topological polar surface area (TPSA) is 73.2 Å². The van der Waals surface area contributed by atoms with Gasteiger partial charge in [-0.05, 0) is 36.8 Å². The van der Waals surface area contributed by atoms with Gasteiger partial charge in [-0.2, -0.15) is 5.10 Å². The predicted molar refractivity (Wildman–Crippen MR) is 106 cm³/mol. The molecule has 0 aliphatic heterocycles. The molecule has 0 bridgehead atoms. The third-order valence-corrected chi connectivity index (χ3v) is 4.22. The molecule has 1 amide bonds. The van der Waals surface area contributed by atoms with Crippen molar-refractivity contribution in [2.45, 2.75) is 26.4 Å². The highest BCUT2D eigenvalue weighted by atomic mass is 16.5. The number of ether oxygens (including phenoxy) is 1. The van der Waals surface area contributed by atoms with Crippen molar-refractivity contribution in [3.8, 4) is 5.75 Å². The second kappa shape index (κ2) is 9.50. The summed E-state index contributed by atoms with van der Waals surface area (Å²) in [5.41, 5.74) is 2.76. The lowest BCUT2D eigenvalue weighted by Crippen LogP contribution is -2.24. The molecule has 6 heteroatoms. The first-order chi connectivity index (χ1) is 13.6. The van der Waals surface area contributed by atoms with Crippen LogP contribution in [0.1, 0.15) is 34.8 Å². The zero-order valence-electron chi connectivity index (χ0n) is 15.8. The molecule has 0 saturated carbocycles. The molecule has 2 aromatic carbocycles. The van der Waals surface area contributed by atoms with Crippen LogP contribution in [0.25, 0.3) is 0 Å². The van der Waals surface area contributed by atoms with Gasteiger partial charge in [-0.25, -0.2) is 0 Å². The smallest absolute Gasteiger partial charge is 0.223 e. The average Bonchev–Trinajstić information content (AvgIpc) is 3.15. The molecule has 3 rings (SSSR count). The summed E-state index contributed by atoms with van der Waals surface area (Å²) in [6.07, 6.45) is 3.95. The maximum Gasteiger partial charge on any atom is 0.223 e. The number of ketones is 1. The molecule has 0 fully saturated rings. The molecule has 144 valence electrons. The molecule has 1 aromatic heterocycles. The summed E-state index contributed by atoms with van der Waals surface area (Å²) in [6, 6.07) is 17.0. The molecule has 0 saturated heterocycles. The number of hydrogen-bond donors (Lipinski definition) is 1. The van der Waals surface area contributed by atoms with E-state index >= 15 is 0 Å². The highest BCUT2D eigenvalue weighted by Gasteiger charge is 2.05. The largest absolute Gasteiger partial charge is 0.493 e. The van der Waals surface area contributed by atoms with Gasteiger partial charge in [0.25, 0.3) is 0 Å². The Labute approximate surface area is 164 Å². The van der Waals surface area contributed by atoms with Gasteiger partial charge in [0.1, 0.15) is 5.75 Å². The van der Waals surface area contributed by atoms with Crippen molar-refractivity contribution in [1.82, 2.24) is 15.1 Å². The van der Waals surface area contributed by atoms with E-state index in [-0.39, 0.29) is 24.7 Å². The molecule has 1 heterocycles. The minimum Gasteiger partial charge on any atom is -0.493 e. The molecule has 0 aliphatic carbocycles. The highest BCUT2D eigenvalue weighted by molar-refractivity contribution is 5.94. The third-order valence-electron chi connectivity index (χ3n) is 4.22. The first kappa shape index (κ1) is 19.4. The maximum absolute atomic E-state index is 12.0. The molecule has 0 atom stereocenters. The number of hydrogen-bond acceptors (Lipinski definition) is 4. The Bertz CT molecular complexity index is 918. The first-order valence-corrected chi connectivity index (χ1v) is 9.16. The monoisotopic (exact) mass is 377 g/mol. The quantitative estimate of drug-likeness (QED) is 0.581. The van der Waals surface area contributed by atoms with Crippen LogP contribution >= 0.6 is 0 Å². The zero-order valence-corrected chi connectivity index (χ0v) is 15.8. The summed E-state index contributed by atoms with van der Waals surface area (Å²) < 4.78 is 7.40. The SMILES string of the molecule is CC(=O)c1ccc(OCCC(=O)NCc2cnn(Cc3ccccc3)c2)cc1. The average molecular weight is 377 g/mol. The van der Waals surface area contributed by atoms with Gasteiger partial charge in [-0.15, -0.1) is 0 Å². The Kier molecular flexibility index (Phi) is 6.57. The van der Waals surface area contributed by atoms with Gasteiger partial charge < -0.3 is 10.1 Å². The van der Waals surface area contributed by atoms with E-state index in [4.69, 9.17) is 4.74 Å². The van der Waals surface area contributed by atoms with Crippen molar-refractivity contribution in [3.63, 3.8) is 0 Å². The van der Waals surface area contributed by atoms with Gasteiger partial charge in [0, 0.05) is 23.9 Å². The Hall–Kier alpha value is -3.41. The summed E-state index contributed by atoms with van der Waals surface area (Å²) in [6.45, 7) is 2.93. The van der Waals surface area contributed by atoms with Gasteiger partial charge in [-0.1, -0.05) is 30.3 Å². The number of benzene rings is 2. The van der Waals surface area contributed by atoms with Crippen LogP contribution in [-0.4, -0.2) is 28.1 Å². The van der Waals surface area contributed by atoms with Crippen LogP contribution in [-0.2, 0) is 17.9 Å². The number of carbonyl (C=O) groups excluding carboxylic acids is 2. The van der Waals surface area contributed by atoms with Gasteiger partial charge in [0.2, 0.25) is 5.91 Å². The molecule has 0 spiro atoms. The summed E-state index contributed by atoms with van der Waals surface area (Å²) in [5.74, 6) is 0.564. The van der Waals surface area contributed by atoms with E-state index in [1.165, 1.54) is 12.5 Å². The van der Waals surface area contributed by atoms with Crippen LogP contribution < -0.4 is 10.1 Å². The maximum atomic E-state index is 12.0. The number of amides is 1. The number of Topliss-reactive ketones (excluding diaryl/α,β-unsaturated/α-hetero) is 1. The van der Waals surface area contributed by atoms with Crippen LogP contribution in [0.5, 0.6) is 5.75 Å². The Balaban J connectivity index is 1.38. The Morgan fingerprint density at radius 2 is 1.79 bits per heavy atom. The number of carbonyl (C=O) groups is 2. The minimum absolute atomic E-state index is 0.0121. The second-order valence-electron chi connectivity index (χ2n) is 6.49. The van der Waals surface area contributed by atoms with Crippen molar-refractivity contribution in [1.29, 1.82) is 0 Å². The van der Waals surface area contributed by atoms with Crippen LogP contribution in [0.2, 0.25) is 0 Å². The van der Waals surface area contributed by atoms with Gasteiger partial charge in [0.15, 0.2) is 5.78 Å². The molecular formula is C22H23N3O3. The van der Waals surface area contributed by atoms with Gasteiger partial charge >= 0.3 is 0 Å². The fourth-order valence-corrected chi connectivity index (χ4v) is 2.69. The third kappa shape index (κ3) is 5.81. The lowest BCUT2D eigenvalue weighted by molar-refractivity contribution is -0.121. The Morgan fingerprint density at radius 1 is 1.04 bits per heavy atom. The number of nitrogens with one attached hydrogen (secondary N) is 1. The lowest BCUT2D eigenvalue weighted by Gasteiger charge is -2.07. The molecule has 6 nitrogen and oxygen atoms in total. The fourth-order valence-electron chi connectivity index (χ4n) is 2.69. The molecule has 0 radical (unpaired) electrons. The Morgan fingerprint density at radius 3 is 2.50 bits per heavy atom. The van der Waals surface area contributed by atoms with Crippen molar-refractivity contribution >= 4 is 11.7 Å². The number of aromatic nitrogens is 2. The molecule has 1 N–H and O–H groups in total. The summed E-state index contributed by atoms with van der Waals surface area (Å²) in [5, 5.41) is 7.20. The van der Waals surface area contributed by atoms with E-state index < -0.39 is 0 Å². The van der Waals surface area contributed by atoms with Crippen LogP contribution in [0.4, 0.5) is 0 Å². The van der Waals surface area contributed by atoms with Crippen LogP contribution in [0.3, 0.4) is 0 Å². The van der Waals surface area contributed by atoms with Crippen molar-refractivity contribution in [3.05, 3.63) is 83.7 Å². The van der Waals surface area contributed by atoms with E-state index in [2.05, 4.69) is 22.5 Å². The van der Waals surface area contributed by atoms with Gasteiger partial charge in [0.05, 0.1) is 25.8 Å². The second-order valence-corrected chi connectivity index (χ2v) is 6.49. The van der Waals surface area contributed by atoms with Crippen molar-refractivity contribution in [2.75, 3.05) is 6.61 Å². The standard InChI is InChI=1S/C22H23N3O3/c1-17(26)20-7-9-21(10-8-20)28-12-11-22(27)23-13-19-14-24-25(16-19)15-18-5-3-2-4-6-18/h2-10,14,16H,11-13,15H2,1H3,(H,23,27). The number of rotatable bonds is 9.